The Hall–Kier alpha value is -1.71. The van der Waals surface area contributed by atoms with Crippen molar-refractivity contribution in [3.05, 3.63) is 23.8 Å². The van der Waals surface area contributed by atoms with E-state index in [-0.39, 0.29) is 12.5 Å². The Morgan fingerprint density at radius 3 is 2.36 bits per heavy atom. The van der Waals surface area contributed by atoms with E-state index in [9.17, 15) is 4.79 Å². The van der Waals surface area contributed by atoms with Gasteiger partial charge in [0.25, 0.3) is 5.91 Å². The van der Waals surface area contributed by atoms with Gasteiger partial charge in [-0.15, -0.1) is 0 Å². The van der Waals surface area contributed by atoms with Crippen LogP contribution in [-0.2, 0) is 4.79 Å². The number of carbonyl (C=O) groups excluding carboxylic acids is 1. The third-order valence-electron chi connectivity index (χ3n) is 6.50. The van der Waals surface area contributed by atoms with Gasteiger partial charge in [0.15, 0.2) is 18.1 Å². The van der Waals surface area contributed by atoms with Gasteiger partial charge in [-0.2, -0.15) is 0 Å². The largest absolute Gasteiger partial charge is 0.493 e. The maximum Gasteiger partial charge on any atom is 0.257 e. The minimum absolute atomic E-state index is 0.0293. The Morgan fingerprint density at radius 2 is 1.76 bits per heavy atom. The molecule has 4 bridgehead atoms. The lowest BCUT2D eigenvalue weighted by Gasteiger charge is -2.56. The molecule has 136 valence electrons. The average Bonchev–Trinajstić information content (AvgIpc) is 2.57. The normalized spacial score (nSPS) is 32.5. The van der Waals surface area contributed by atoms with Gasteiger partial charge in [-0.05, 0) is 86.3 Å². The zero-order valence-corrected chi connectivity index (χ0v) is 15.3. The van der Waals surface area contributed by atoms with E-state index in [0.717, 1.165) is 29.9 Å². The molecule has 0 atom stereocenters. The number of carbonyl (C=O) groups is 1. The van der Waals surface area contributed by atoms with Crippen LogP contribution in [0.25, 0.3) is 0 Å². The first-order valence-electron chi connectivity index (χ1n) is 9.59. The van der Waals surface area contributed by atoms with Crippen LogP contribution < -0.4 is 14.8 Å². The molecule has 4 aliphatic carbocycles. The van der Waals surface area contributed by atoms with Gasteiger partial charge in [-0.25, -0.2) is 0 Å². The molecule has 0 saturated heterocycles. The third-order valence-corrected chi connectivity index (χ3v) is 6.50. The summed E-state index contributed by atoms with van der Waals surface area (Å²) in [5.41, 5.74) is 1.47. The molecule has 4 aliphatic rings. The average molecular weight is 343 g/mol. The van der Waals surface area contributed by atoms with Crippen molar-refractivity contribution in [3.8, 4) is 11.5 Å². The molecule has 1 amide bonds. The molecule has 25 heavy (non-hydrogen) atoms. The van der Waals surface area contributed by atoms with Crippen LogP contribution in [0.15, 0.2) is 18.2 Å². The highest BCUT2D eigenvalue weighted by Crippen LogP contribution is 2.59. The Balaban J connectivity index is 1.30. The quantitative estimate of drug-likeness (QED) is 0.856. The molecule has 0 spiro atoms. The summed E-state index contributed by atoms with van der Waals surface area (Å²) >= 11 is 0. The van der Waals surface area contributed by atoms with E-state index < -0.39 is 0 Å². The first kappa shape index (κ1) is 16.7. The van der Waals surface area contributed by atoms with Gasteiger partial charge >= 0.3 is 0 Å². The van der Waals surface area contributed by atoms with Crippen molar-refractivity contribution in [2.75, 3.05) is 20.3 Å². The number of ether oxygens (including phenoxy) is 2. The summed E-state index contributed by atoms with van der Waals surface area (Å²) in [5.74, 6) is 4.01. The second-order valence-corrected chi connectivity index (χ2v) is 8.64. The van der Waals surface area contributed by atoms with Gasteiger partial charge < -0.3 is 14.8 Å². The molecule has 0 radical (unpaired) electrons. The highest BCUT2D eigenvalue weighted by atomic mass is 16.5. The van der Waals surface area contributed by atoms with E-state index in [1.807, 2.05) is 25.1 Å². The molecule has 1 aromatic rings. The first-order valence-corrected chi connectivity index (χ1v) is 9.59. The van der Waals surface area contributed by atoms with Crippen LogP contribution in [0.4, 0.5) is 0 Å². The first-order chi connectivity index (χ1) is 12.0. The summed E-state index contributed by atoms with van der Waals surface area (Å²) in [7, 11) is 1.62. The van der Waals surface area contributed by atoms with Crippen molar-refractivity contribution in [1.82, 2.24) is 5.32 Å². The smallest absolute Gasteiger partial charge is 0.257 e. The van der Waals surface area contributed by atoms with E-state index in [2.05, 4.69) is 5.32 Å². The number of methoxy groups -OCH3 is 1. The number of nitrogens with one attached hydrogen (secondary N) is 1. The molecule has 0 aliphatic heterocycles. The van der Waals surface area contributed by atoms with Crippen LogP contribution in [0.2, 0.25) is 0 Å². The van der Waals surface area contributed by atoms with E-state index in [1.165, 1.54) is 38.5 Å². The number of rotatable bonds is 6. The van der Waals surface area contributed by atoms with Crippen molar-refractivity contribution >= 4 is 5.91 Å². The Bertz CT molecular complexity index is 619. The van der Waals surface area contributed by atoms with Crippen molar-refractivity contribution in [2.45, 2.75) is 45.4 Å². The lowest BCUT2D eigenvalue weighted by atomic mass is 9.49. The molecule has 4 nitrogen and oxygen atoms in total. The molecule has 1 N–H and O–H groups in total. The number of benzene rings is 1. The maximum absolute atomic E-state index is 12.3. The van der Waals surface area contributed by atoms with Crippen molar-refractivity contribution in [1.29, 1.82) is 0 Å². The van der Waals surface area contributed by atoms with E-state index >= 15 is 0 Å². The zero-order valence-electron chi connectivity index (χ0n) is 15.3. The monoisotopic (exact) mass is 343 g/mol. The Morgan fingerprint density at radius 1 is 1.12 bits per heavy atom. The fourth-order valence-corrected chi connectivity index (χ4v) is 5.88. The second-order valence-electron chi connectivity index (χ2n) is 8.64. The van der Waals surface area contributed by atoms with E-state index in [0.29, 0.717) is 16.9 Å². The van der Waals surface area contributed by atoms with Crippen LogP contribution in [0.1, 0.15) is 44.1 Å². The molecular weight excluding hydrogens is 314 g/mol. The van der Waals surface area contributed by atoms with Crippen LogP contribution in [0.3, 0.4) is 0 Å². The second kappa shape index (κ2) is 6.54. The highest BCUT2D eigenvalue weighted by molar-refractivity contribution is 5.77. The maximum atomic E-state index is 12.3. The van der Waals surface area contributed by atoms with E-state index in [1.54, 1.807) is 7.11 Å². The molecule has 4 heteroatoms. The standard InChI is InChI=1S/C21H29NO3/c1-14-3-4-18(19(5-14)24-2)25-12-20(23)22-13-21-9-15-6-16(10-21)8-17(7-15)11-21/h3-5,15-17H,6-13H2,1-2H3,(H,22,23). The number of aryl methyl sites for hydroxylation is 1. The topological polar surface area (TPSA) is 47.6 Å². The minimum atomic E-state index is -0.0293. The molecule has 5 rings (SSSR count). The van der Waals surface area contributed by atoms with Gasteiger partial charge in [0, 0.05) is 6.54 Å². The number of amides is 1. The minimum Gasteiger partial charge on any atom is -0.493 e. The molecular formula is C21H29NO3. The Kier molecular flexibility index (Phi) is 4.38. The van der Waals surface area contributed by atoms with Crippen LogP contribution in [0, 0.1) is 30.1 Å². The van der Waals surface area contributed by atoms with E-state index in [4.69, 9.17) is 9.47 Å². The van der Waals surface area contributed by atoms with Crippen molar-refractivity contribution in [2.24, 2.45) is 23.2 Å². The highest BCUT2D eigenvalue weighted by Gasteiger charge is 2.50. The van der Waals surface area contributed by atoms with Crippen molar-refractivity contribution < 1.29 is 14.3 Å². The summed E-state index contributed by atoms with van der Waals surface area (Å²) in [4.78, 5) is 12.3. The SMILES string of the molecule is COc1cc(C)ccc1OCC(=O)NCC12CC3CC(CC(C3)C1)C2. The molecule has 0 heterocycles. The summed E-state index contributed by atoms with van der Waals surface area (Å²) in [5, 5.41) is 3.15. The lowest BCUT2D eigenvalue weighted by Crippen LogP contribution is -2.51. The third kappa shape index (κ3) is 3.49. The fourth-order valence-electron chi connectivity index (χ4n) is 5.88. The number of hydrogen-bond donors (Lipinski definition) is 1. The van der Waals surface area contributed by atoms with Gasteiger partial charge in [-0.3, -0.25) is 4.79 Å². The van der Waals surface area contributed by atoms with Crippen LogP contribution >= 0.6 is 0 Å². The predicted molar refractivity (Wildman–Crippen MR) is 96.8 cm³/mol. The lowest BCUT2D eigenvalue weighted by molar-refractivity contribution is -0.125. The summed E-state index contributed by atoms with van der Waals surface area (Å²) < 4.78 is 11.0. The number of hydrogen-bond acceptors (Lipinski definition) is 3. The molecule has 4 fully saturated rings. The summed E-state index contributed by atoms with van der Waals surface area (Å²) in [6.07, 6.45) is 8.24. The predicted octanol–water partition coefficient (Wildman–Crippen LogP) is 3.72. The summed E-state index contributed by atoms with van der Waals surface area (Å²) in [6, 6.07) is 5.74. The van der Waals surface area contributed by atoms with Crippen molar-refractivity contribution in [3.63, 3.8) is 0 Å². The van der Waals surface area contributed by atoms with Gasteiger partial charge in [0.1, 0.15) is 0 Å². The summed E-state index contributed by atoms with van der Waals surface area (Å²) in [6.45, 7) is 2.87. The fraction of sp³-hybridized carbons (Fsp3) is 0.667. The van der Waals surface area contributed by atoms with Crippen LogP contribution in [-0.4, -0.2) is 26.2 Å². The van der Waals surface area contributed by atoms with Gasteiger partial charge in [0.05, 0.1) is 7.11 Å². The Labute approximate surface area is 150 Å². The molecule has 1 aromatic carbocycles. The van der Waals surface area contributed by atoms with Gasteiger partial charge in [0.2, 0.25) is 0 Å². The molecule has 4 saturated carbocycles. The van der Waals surface area contributed by atoms with Crippen LogP contribution in [0.5, 0.6) is 11.5 Å². The molecule has 0 aromatic heterocycles. The zero-order chi connectivity index (χ0) is 17.4. The molecule has 0 unspecified atom stereocenters. The van der Waals surface area contributed by atoms with Gasteiger partial charge in [-0.1, -0.05) is 6.07 Å².